The van der Waals surface area contributed by atoms with Gasteiger partial charge in [-0.15, -0.1) is 0 Å². The molecule has 0 spiro atoms. The fourth-order valence-electron chi connectivity index (χ4n) is 1.86. The quantitative estimate of drug-likeness (QED) is 0.306. The van der Waals surface area contributed by atoms with Gasteiger partial charge in [0, 0.05) is 12.4 Å². The lowest BCUT2D eigenvalue weighted by molar-refractivity contribution is 0.318. The summed E-state index contributed by atoms with van der Waals surface area (Å²) in [6.07, 6.45) is 4.65. The molecule has 0 saturated carbocycles. The highest BCUT2D eigenvalue weighted by molar-refractivity contribution is 5.98. The molecular formula is C12H10N6O. The Labute approximate surface area is 108 Å². The number of aromatic nitrogens is 4. The van der Waals surface area contributed by atoms with Gasteiger partial charge in [-0.2, -0.15) is 0 Å². The maximum atomic E-state index is 8.79. The second-order valence-electron chi connectivity index (χ2n) is 3.82. The van der Waals surface area contributed by atoms with E-state index in [1.165, 1.54) is 12.4 Å². The summed E-state index contributed by atoms with van der Waals surface area (Å²) in [5, 5.41) is 11.8. The Kier molecular flexibility index (Phi) is 2.57. The zero-order valence-electron chi connectivity index (χ0n) is 9.80. The van der Waals surface area contributed by atoms with Crippen molar-refractivity contribution in [2.75, 3.05) is 0 Å². The molecule has 2 aromatic heterocycles. The molecule has 0 fully saturated rings. The lowest BCUT2D eigenvalue weighted by Crippen LogP contribution is -2.19. The van der Waals surface area contributed by atoms with Gasteiger partial charge < -0.3 is 10.9 Å². The van der Waals surface area contributed by atoms with Crippen molar-refractivity contribution in [3.05, 3.63) is 48.7 Å². The largest absolute Gasteiger partial charge is 0.409 e. The van der Waals surface area contributed by atoms with Gasteiger partial charge in [0.05, 0.1) is 11.0 Å². The van der Waals surface area contributed by atoms with Crippen molar-refractivity contribution in [1.82, 2.24) is 19.5 Å². The van der Waals surface area contributed by atoms with Gasteiger partial charge in [-0.25, -0.2) is 15.0 Å². The Bertz CT molecular complexity index is 764. The molecule has 0 unspecified atom stereocenters. The van der Waals surface area contributed by atoms with Gasteiger partial charge in [0.25, 0.3) is 0 Å². The Balaban J connectivity index is 2.28. The Hall–Kier alpha value is -2.96. The zero-order chi connectivity index (χ0) is 13.2. The summed E-state index contributed by atoms with van der Waals surface area (Å²) in [4.78, 5) is 12.6. The Morgan fingerprint density at radius 3 is 2.79 bits per heavy atom. The highest BCUT2D eigenvalue weighted by Crippen LogP contribution is 2.17. The van der Waals surface area contributed by atoms with Crippen LogP contribution in [0.3, 0.4) is 0 Å². The van der Waals surface area contributed by atoms with Crippen LogP contribution < -0.4 is 5.73 Å². The van der Waals surface area contributed by atoms with Crippen LogP contribution in [0.15, 0.2) is 48.1 Å². The molecule has 0 bridgehead atoms. The van der Waals surface area contributed by atoms with Gasteiger partial charge >= 0.3 is 0 Å². The summed E-state index contributed by atoms with van der Waals surface area (Å²) in [6, 6.07) is 7.61. The molecule has 7 heteroatoms. The monoisotopic (exact) mass is 254 g/mol. The van der Waals surface area contributed by atoms with Crippen molar-refractivity contribution in [3.8, 4) is 5.82 Å². The average Bonchev–Trinajstić information content (AvgIpc) is 2.90. The Morgan fingerprint density at radius 1 is 1.16 bits per heavy atom. The van der Waals surface area contributed by atoms with Gasteiger partial charge in [0.1, 0.15) is 6.33 Å². The van der Waals surface area contributed by atoms with Gasteiger partial charge in [-0.05, 0) is 12.1 Å². The normalized spacial score (nSPS) is 11.9. The lowest BCUT2D eigenvalue weighted by atomic mass is 10.3. The number of imidazole rings is 1. The van der Waals surface area contributed by atoms with Crippen molar-refractivity contribution in [1.29, 1.82) is 0 Å². The highest BCUT2D eigenvalue weighted by atomic mass is 16.4. The van der Waals surface area contributed by atoms with Gasteiger partial charge in [-0.3, -0.25) is 4.57 Å². The summed E-state index contributed by atoms with van der Waals surface area (Å²) < 4.78 is 1.75. The van der Waals surface area contributed by atoms with Crippen LogP contribution in [0, 0.1) is 0 Å². The van der Waals surface area contributed by atoms with Crippen LogP contribution in [0.5, 0.6) is 0 Å². The van der Waals surface area contributed by atoms with E-state index in [1.807, 2.05) is 24.3 Å². The van der Waals surface area contributed by atoms with E-state index in [4.69, 9.17) is 10.9 Å². The topological polar surface area (TPSA) is 102 Å². The molecule has 0 saturated heterocycles. The number of hydrogen-bond donors (Lipinski definition) is 2. The molecule has 0 aliphatic rings. The third-order valence-corrected chi connectivity index (χ3v) is 2.71. The summed E-state index contributed by atoms with van der Waals surface area (Å²) in [6.45, 7) is 0. The molecule has 3 aromatic rings. The standard InChI is InChI=1S/C12H10N6O/c13-11(17-19)10-12(15-6-5-14-10)18-7-16-8-3-1-2-4-9(8)18/h1-7,19H,(H2,13,17). The molecule has 0 radical (unpaired) electrons. The van der Waals surface area contributed by atoms with Crippen LogP contribution in [-0.2, 0) is 0 Å². The molecule has 2 heterocycles. The highest BCUT2D eigenvalue weighted by Gasteiger charge is 2.13. The molecule has 0 amide bonds. The molecule has 0 aliphatic heterocycles. The van der Waals surface area contributed by atoms with E-state index in [1.54, 1.807) is 10.9 Å². The van der Waals surface area contributed by atoms with Gasteiger partial charge in [0.2, 0.25) is 0 Å². The number of oxime groups is 1. The van der Waals surface area contributed by atoms with E-state index in [9.17, 15) is 0 Å². The first-order valence-electron chi connectivity index (χ1n) is 5.52. The van der Waals surface area contributed by atoms with E-state index >= 15 is 0 Å². The molecule has 7 nitrogen and oxygen atoms in total. The predicted molar refractivity (Wildman–Crippen MR) is 69.2 cm³/mol. The third-order valence-electron chi connectivity index (χ3n) is 2.71. The average molecular weight is 254 g/mol. The first-order chi connectivity index (χ1) is 9.31. The number of benzene rings is 1. The molecule has 1 aromatic carbocycles. The van der Waals surface area contributed by atoms with E-state index in [0.29, 0.717) is 11.5 Å². The number of para-hydroxylation sites is 2. The molecule has 3 N–H and O–H groups in total. The zero-order valence-corrected chi connectivity index (χ0v) is 9.80. The fourth-order valence-corrected chi connectivity index (χ4v) is 1.86. The summed E-state index contributed by atoms with van der Waals surface area (Å²) >= 11 is 0. The minimum absolute atomic E-state index is 0.0964. The van der Waals surface area contributed by atoms with E-state index < -0.39 is 0 Å². The van der Waals surface area contributed by atoms with Crippen LogP contribution in [0.4, 0.5) is 0 Å². The summed E-state index contributed by atoms with van der Waals surface area (Å²) in [5.74, 6) is 0.368. The fraction of sp³-hybridized carbons (Fsp3) is 0. The maximum Gasteiger partial charge on any atom is 0.192 e. The number of amidine groups is 1. The van der Waals surface area contributed by atoms with Crippen molar-refractivity contribution >= 4 is 16.9 Å². The van der Waals surface area contributed by atoms with Crippen molar-refractivity contribution in [3.63, 3.8) is 0 Å². The van der Waals surface area contributed by atoms with Crippen molar-refractivity contribution < 1.29 is 5.21 Å². The minimum atomic E-state index is -0.0964. The molecular weight excluding hydrogens is 244 g/mol. The van der Waals surface area contributed by atoms with Gasteiger partial charge in [0.15, 0.2) is 17.3 Å². The van der Waals surface area contributed by atoms with E-state index in [-0.39, 0.29) is 5.84 Å². The van der Waals surface area contributed by atoms with Crippen LogP contribution in [0.2, 0.25) is 0 Å². The number of nitrogens with two attached hydrogens (primary N) is 1. The number of nitrogens with zero attached hydrogens (tertiary/aromatic N) is 5. The first kappa shape index (κ1) is 11.1. The van der Waals surface area contributed by atoms with Crippen LogP contribution in [-0.4, -0.2) is 30.6 Å². The van der Waals surface area contributed by atoms with Gasteiger partial charge in [-0.1, -0.05) is 17.3 Å². The Morgan fingerprint density at radius 2 is 1.95 bits per heavy atom. The van der Waals surface area contributed by atoms with Crippen molar-refractivity contribution in [2.24, 2.45) is 10.9 Å². The smallest absolute Gasteiger partial charge is 0.192 e. The molecule has 3 rings (SSSR count). The first-order valence-corrected chi connectivity index (χ1v) is 5.52. The van der Waals surface area contributed by atoms with Crippen LogP contribution in [0.25, 0.3) is 16.9 Å². The van der Waals surface area contributed by atoms with Crippen LogP contribution in [0.1, 0.15) is 5.69 Å². The predicted octanol–water partition coefficient (Wildman–Crippen LogP) is 0.910. The number of hydrogen-bond acceptors (Lipinski definition) is 5. The van der Waals surface area contributed by atoms with E-state index in [0.717, 1.165) is 11.0 Å². The van der Waals surface area contributed by atoms with E-state index in [2.05, 4.69) is 20.1 Å². The second kappa shape index (κ2) is 4.37. The third kappa shape index (κ3) is 1.77. The lowest BCUT2D eigenvalue weighted by Gasteiger charge is -2.07. The van der Waals surface area contributed by atoms with Crippen LogP contribution >= 0.6 is 0 Å². The molecule has 0 atom stereocenters. The number of fused-ring (bicyclic) bond motifs is 1. The molecule has 0 aliphatic carbocycles. The number of rotatable bonds is 2. The minimum Gasteiger partial charge on any atom is -0.409 e. The SMILES string of the molecule is NC(=NO)c1nccnc1-n1cnc2ccccc21. The second-order valence-corrected chi connectivity index (χ2v) is 3.82. The molecule has 19 heavy (non-hydrogen) atoms. The maximum absolute atomic E-state index is 8.79. The summed E-state index contributed by atoms with van der Waals surface area (Å²) in [7, 11) is 0. The summed E-state index contributed by atoms with van der Waals surface area (Å²) in [5.41, 5.74) is 7.61. The van der Waals surface area contributed by atoms with Crippen molar-refractivity contribution in [2.45, 2.75) is 0 Å². The molecule has 94 valence electrons.